The largest absolute Gasteiger partial charge is 0.492 e. The topological polar surface area (TPSA) is 94.1 Å². The summed E-state index contributed by atoms with van der Waals surface area (Å²) in [5.74, 6) is -1.04. The van der Waals surface area contributed by atoms with Gasteiger partial charge in [-0.3, -0.25) is 0 Å². The summed E-state index contributed by atoms with van der Waals surface area (Å²) in [5, 5.41) is 12.1. The van der Waals surface area contributed by atoms with Crippen LogP contribution in [0.15, 0.2) is 58.5 Å². The third kappa shape index (κ3) is 6.46. The Bertz CT molecular complexity index is 1040. The number of halogens is 1. The van der Waals surface area contributed by atoms with Crippen LogP contribution in [0.5, 0.6) is 0 Å². The molecule has 0 atom stereocenters. The molecule has 0 bridgehead atoms. The van der Waals surface area contributed by atoms with Gasteiger partial charge in [-0.2, -0.15) is 0 Å². The van der Waals surface area contributed by atoms with Gasteiger partial charge in [0, 0.05) is 11.0 Å². The molecule has 9 heteroatoms. The molecule has 0 radical (unpaired) electrons. The highest BCUT2D eigenvalue weighted by Crippen LogP contribution is 2.38. The predicted octanol–water partition coefficient (Wildman–Crippen LogP) is 5.09. The van der Waals surface area contributed by atoms with Crippen LogP contribution < -0.4 is 5.32 Å². The highest BCUT2D eigenvalue weighted by Gasteiger charge is 2.52. The van der Waals surface area contributed by atoms with Crippen molar-refractivity contribution in [3.63, 3.8) is 0 Å². The van der Waals surface area contributed by atoms with Gasteiger partial charge in [0.05, 0.1) is 16.8 Å². The number of ether oxygens (including phenoxy) is 1. The average Bonchev–Trinajstić information content (AvgIpc) is 2.96. The molecule has 0 saturated carbocycles. The Hall–Kier alpha value is -2.62. The molecule has 1 amide bonds. The summed E-state index contributed by atoms with van der Waals surface area (Å²) in [6.07, 6.45) is 1.18. The number of hydrogen-bond donors (Lipinski definition) is 2. The molecule has 33 heavy (non-hydrogen) atoms. The van der Waals surface area contributed by atoms with E-state index in [0.717, 1.165) is 5.56 Å². The minimum Gasteiger partial charge on any atom is -0.478 e. The number of carboxylic acid groups (broad SMARTS) is 1. The van der Waals surface area contributed by atoms with E-state index in [9.17, 15) is 14.7 Å². The molecule has 1 aliphatic rings. The van der Waals surface area contributed by atoms with E-state index in [2.05, 4.69) is 21.2 Å². The molecule has 3 rings (SSSR count). The summed E-state index contributed by atoms with van der Waals surface area (Å²) in [5.41, 5.74) is 1.12. The number of benzene rings is 2. The van der Waals surface area contributed by atoms with Gasteiger partial charge >= 0.3 is 19.2 Å². The molecular weight excluding hydrogens is 489 g/mol. The molecule has 7 nitrogen and oxygen atoms in total. The first-order chi connectivity index (χ1) is 15.5. The van der Waals surface area contributed by atoms with Crippen LogP contribution in [0.2, 0.25) is 0 Å². The van der Waals surface area contributed by atoms with Gasteiger partial charge in [-0.05, 0) is 62.5 Å². The molecule has 0 spiro atoms. The predicted molar refractivity (Wildman–Crippen MR) is 130 cm³/mol. The molecule has 2 aromatic carbocycles. The molecule has 0 aromatic heterocycles. The fourth-order valence-electron chi connectivity index (χ4n) is 3.18. The van der Waals surface area contributed by atoms with E-state index in [1.54, 1.807) is 18.2 Å². The molecule has 2 N–H and O–H groups in total. The second-order valence-corrected chi connectivity index (χ2v) is 9.72. The number of carboxylic acids is 1. The molecule has 1 heterocycles. The van der Waals surface area contributed by atoms with Crippen LogP contribution in [0.1, 0.15) is 49.2 Å². The Balaban J connectivity index is 1.80. The second-order valence-electron chi connectivity index (χ2n) is 8.80. The van der Waals surface area contributed by atoms with Crippen LogP contribution >= 0.6 is 15.9 Å². The van der Waals surface area contributed by atoms with Crippen molar-refractivity contribution in [2.45, 2.75) is 45.5 Å². The lowest BCUT2D eigenvalue weighted by Gasteiger charge is -2.32. The first kappa shape index (κ1) is 25.0. The minimum absolute atomic E-state index is 0.0966. The number of carbonyl (C=O) groups is 2. The van der Waals surface area contributed by atoms with Crippen molar-refractivity contribution in [3.05, 3.63) is 75.2 Å². The normalized spacial score (nSPS) is 17.0. The van der Waals surface area contributed by atoms with Crippen molar-refractivity contribution < 1.29 is 28.7 Å². The fourth-order valence-corrected chi connectivity index (χ4v) is 3.69. The quantitative estimate of drug-likeness (QED) is 0.499. The van der Waals surface area contributed by atoms with Crippen molar-refractivity contribution in [2.24, 2.45) is 0 Å². The van der Waals surface area contributed by atoms with Gasteiger partial charge in [0.25, 0.3) is 0 Å². The summed E-state index contributed by atoms with van der Waals surface area (Å²) < 4.78 is 18.2. The monoisotopic (exact) mass is 515 g/mol. The third-order valence-electron chi connectivity index (χ3n) is 5.72. The molecule has 1 aliphatic heterocycles. The molecule has 0 unspecified atom stereocenters. The Kier molecular flexibility index (Phi) is 7.67. The second kappa shape index (κ2) is 10.1. The van der Waals surface area contributed by atoms with Crippen LogP contribution in [0.3, 0.4) is 0 Å². The SMILES string of the molecule is CC1(C)OB(C(=Cc2cc(Br)cc(C(=O)O)c2)CNC(=O)OCc2ccccc2)OC1(C)C. The van der Waals surface area contributed by atoms with Gasteiger partial charge in [-0.15, -0.1) is 0 Å². The zero-order valence-electron chi connectivity index (χ0n) is 19.1. The van der Waals surface area contributed by atoms with Crippen molar-refractivity contribution >= 4 is 41.2 Å². The number of carbonyl (C=O) groups excluding carboxylic acids is 1. The van der Waals surface area contributed by atoms with Crippen molar-refractivity contribution in [1.82, 2.24) is 5.32 Å². The van der Waals surface area contributed by atoms with Crippen molar-refractivity contribution in [1.29, 1.82) is 0 Å². The zero-order valence-corrected chi connectivity index (χ0v) is 20.6. The van der Waals surface area contributed by atoms with Crippen LogP contribution in [0.25, 0.3) is 6.08 Å². The lowest BCUT2D eigenvalue weighted by atomic mass is 9.77. The maximum atomic E-state index is 12.3. The van der Waals surface area contributed by atoms with Gasteiger partial charge in [0.1, 0.15) is 6.61 Å². The van der Waals surface area contributed by atoms with E-state index in [4.69, 9.17) is 14.0 Å². The number of alkyl carbamates (subject to hydrolysis) is 1. The van der Waals surface area contributed by atoms with Gasteiger partial charge in [0.2, 0.25) is 0 Å². The van der Waals surface area contributed by atoms with E-state index < -0.39 is 30.4 Å². The first-order valence-electron chi connectivity index (χ1n) is 10.5. The maximum Gasteiger partial charge on any atom is 0.492 e. The molecule has 1 saturated heterocycles. The smallest absolute Gasteiger partial charge is 0.478 e. The van der Waals surface area contributed by atoms with Crippen LogP contribution in [0.4, 0.5) is 4.79 Å². The Morgan fingerprint density at radius 3 is 2.33 bits per heavy atom. The summed E-state index contributed by atoms with van der Waals surface area (Å²) in [6.45, 7) is 8.00. The molecule has 1 fully saturated rings. The standard InChI is InChI=1S/C24H27BBrNO6/c1-23(2)24(3,4)33-25(32-23)19(11-17-10-18(21(28)29)13-20(26)12-17)14-27-22(30)31-15-16-8-6-5-7-9-16/h5-13H,14-15H2,1-4H3,(H,27,30)(H,28,29). The van der Waals surface area contributed by atoms with E-state index in [1.807, 2.05) is 58.0 Å². The van der Waals surface area contributed by atoms with E-state index in [-0.39, 0.29) is 18.7 Å². The molecule has 0 aliphatic carbocycles. The summed E-state index contributed by atoms with van der Waals surface area (Å²) in [4.78, 5) is 23.8. The number of nitrogens with one attached hydrogen (secondary N) is 1. The zero-order chi connectivity index (χ0) is 24.2. The van der Waals surface area contributed by atoms with E-state index >= 15 is 0 Å². The summed E-state index contributed by atoms with van der Waals surface area (Å²) in [6, 6.07) is 14.2. The highest BCUT2D eigenvalue weighted by atomic mass is 79.9. The van der Waals surface area contributed by atoms with Gasteiger partial charge in [-0.1, -0.05) is 52.3 Å². The van der Waals surface area contributed by atoms with Crippen LogP contribution in [-0.2, 0) is 20.7 Å². The van der Waals surface area contributed by atoms with E-state index in [1.165, 1.54) is 6.07 Å². The number of aromatic carboxylic acids is 1. The lowest BCUT2D eigenvalue weighted by Crippen LogP contribution is -2.41. The number of hydrogen-bond acceptors (Lipinski definition) is 5. The average molecular weight is 516 g/mol. The number of amides is 1. The Morgan fingerprint density at radius 1 is 1.09 bits per heavy atom. The molecule has 2 aromatic rings. The van der Waals surface area contributed by atoms with Crippen LogP contribution in [-0.4, -0.2) is 42.0 Å². The van der Waals surface area contributed by atoms with Gasteiger partial charge in [-0.25, -0.2) is 9.59 Å². The van der Waals surface area contributed by atoms with E-state index in [0.29, 0.717) is 15.5 Å². The Labute approximate surface area is 202 Å². The lowest BCUT2D eigenvalue weighted by molar-refractivity contribution is 0.00578. The Morgan fingerprint density at radius 2 is 1.73 bits per heavy atom. The number of rotatable bonds is 7. The minimum atomic E-state index is -1.04. The third-order valence-corrected chi connectivity index (χ3v) is 6.18. The van der Waals surface area contributed by atoms with Crippen LogP contribution in [0, 0.1) is 0 Å². The van der Waals surface area contributed by atoms with Gasteiger partial charge < -0.3 is 24.5 Å². The van der Waals surface area contributed by atoms with Crippen molar-refractivity contribution in [3.8, 4) is 0 Å². The highest BCUT2D eigenvalue weighted by molar-refractivity contribution is 9.10. The van der Waals surface area contributed by atoms with Crippen molar-refractivity contribution in [2.75, 3.05) is 6.54 Å². The maximum absolute atomic E-state index is 12.3. The summed E-state index contributed by atoms with van der Waals surface area (Å²) >= 11 is 3.35. The molecule has 174 valence electrons. The first-order valence-corrected chi connectivity index (χ1v) is 11.3. The molecular formula is C24H27BBrNO6. The van der Waals surface area contributed by atoms with Gasteiger partial charge in [0.15, 0.2) is 0 Å². The fraction of sp³-hybridized carbons (Fsp3) is 0.333. The summed E-state index contributed by atoms with van der Waals surface area (Å²) in [7, 11) is -0.725.